The average molecular weight is 366 g/mol. The van der Waals surface area contributed by atoms with E-state index in [0.717, 1.165) is 12.8 Å². The van der Waals surface area contributed by atoms with Crippen LogP contribution in [0.25, 0.3) is 5.82 Å². The van der Waals surface area contributed by atoms with Crippen LogP contribution in [0, 0.1) is 12.7 Å². The molecule has 1 aliphatic carbocycles. The summed E-state index contributed by atoms with van der Waals surface area (Å²) >= 11 is 7.36. The highest BCUT2D eigenvalue weighted by molar-refractivity contribution is 7.99. The van der Waals surface area contributed by atoms with Crippen molar-refractivity contribution in [3.63, 3.8) is 0 Å². The summed E-state index contributed by atoms with van der Waals surface area (Å²) in [7, 11) is 0. The fourth-order valence-electron chi connectivity index (χ4n) is 2.59. The number of aliphatic imine (C=N–C) groups is 2. The number of aromatic nitrogens is 2. The van der Waals surface area contributed by atoms with Crippen molar-refractivity contribution in [2.24, 2.45) is 9.98 Å². The zero-order chi connectivity index (χ0) is 17.3. The normalized spacial score (nSPS) is 14.8. The molecule has 24 heavy (non-hydrogen) atoms. The fraction of sp³-hybridized carbons (Fsp3) is 0.312. The van der Waals surface area contributed by atoms with Gasteiger partial charge in [0.2, 0.25) is 5.29 Å². The Kier molecular flexibility index (Phi) is 4.91. The van der Waals surface area contributed by atoms with Crippen LogP contribution < -0.4 is 4.72 Å². The second kappa shape index (κ2) is 6.94. The Balaban J connectivity index is 2.23. The van der Waals surface area contributed by atoms with Gasteiger partial charge in [0.05, 0.1) is 5.69 Å². The van der Waals surface area contributed by atoms with Crippen LogP contribution in [0.3, 0.4) is 0 Å². The molecule has 1 fully saturated rings. The highest BCUT2D eigenvalue weighted by Crippen LogP contribution is 2.46. The summed E-state index contributed by atoms with van der Waals surface area (Å²) in [5.41, 5.74) is 1.04. The first kappa shape index (κ1) is 17.0. The maximum Gasteiger partial charge on any atom is 0.223 e. The second-order valence-electron chi connectivity index (χ2n) is 5.48. The maximum atomic E-state index is 14.8. The first-order chi connectivity index (χ1) is 11.6. The SMILES string of the molecule is C=NC(Cl)=Nc1c(C)c(F)c(C2CC2)n1-c1cccc(NSC)n1. The Morgan fingerprint density at radius 3 is 2.88 bits per heavy atom. The number of rotatable bonds is 5. The van der Waals surface area contributed by atoms with E-state index in [-0.39, 0.29) is 17.0 Å². The number of amidine groups is 1. The van der Waals surface area contributed by atoms with Crippen LogP contribution in [0.4, 0.5) is 16.0 Å². The van der Waals surface area contributed by atoms with E-state index in [1.165, 1.54) is 11.9 Å². The fourth-order valence-corrected chi connectivity index (χ4v) is 2.99. The molecule has 0 spiro atoms. The molecule has 0 bridgehead atoms. The molecule has 3 rings (SSSR count). The molecule has 2 heterocycles. The van der Waals surface area contributed by atoms with Crippen molar-refractivity contribution in [1.29, 1.82) is 0 Å². The zero-order valence-electron chi connectivity index (χ0n) is 13.4. The molecule has 1 aliphatic rings. The van der Waals surface area contributed by atoms with Crippen molar-refractivity contribution < 1.29 is 4.39 Å². The molecule has 0 amide bonds. The number of pyridine rings is 1. The van der Waals surface area contributed by atoms with E-state index in [9.17, 15) is 4.39 Å². The Labute approximate surface area is 149 Å². The van der Waals surface area contributed by atoms with Crippen molar-refractivity contribution in [2.45, 2.75) is 25.7 Å². The summed E-state index contributed by atoms with van der Waals surface area (Å²) in [5.74, 6) is 1.61. The van der Waals surface area contributed by atoms with Crippen molar-refractivity contribution in [1.82, 2.24) is 9.55 Å². The van der Waals surface area contributed by atoms with E-state index in [1.807, 2.05) is 24.5 Å². The molecule has 0 aromatic carbocycles. The van der Waals surface area contributed by atoms with Gasteiger partial charge in [0, 0.05) is 17.7 Å². The molecule has 1 saturated carbocycles. The lowest BCUT2D eigenvalue weighted by Crippen LogP contribution is -2.04. The molecule has 0 saturated heterocycles. The predicted octanol–water partition coefficient (Wildman–Crippen LogP) is 4.81. The third-order valence-corrected chi connectivity index (χ3v) is 4.42. The molecule has 2 aromatic heterocycles. The topological polar surface area (TPSA) is 54.6 Å². The van der Waals surface area contributed by atoms with Crippen molar-refractivity contribution in [2.75, 3.05) is 11.0 Å². The summed E-state index contributed by atoms with van der Waals surface area (Å²) in [6.07, 6.45) is 3.83. The van der Waals surface area contributed by atoms with Gasteiger partial charge in [-0.1, -0.05) is 18.0 Å². The minimum Gasteiger partial charge on any atom is -0.315 e. The Bertz CT molecular complexity index is 813. The van der Waals surface area contributed by atoms with Crippen LogP contribution in [0.1, 0.15) is 30.0 Å². The van der Waals surface area contributed by atoms with Crippen LogP contribution in [0.5, 0.6) is 0 Å². The standard InChI is InChI=1S/C16H17ClFN5S/c1-9-13(18)14(10-7-8-10)23(15(9)21-16(17)19-2)12-6-4-5-11(20-12)22-24-3/h4-6,10H,2,7-8H2,1,3H3,(H,20,22). The Hall–Kier alpha value is -1.86. The minimum atomic E-state index is -0.255. The van der Waals surface area contributed by atoms with Gasteiger partial charge in [0.1, 0.15) is 23.3 Å². The molecule has 5 nitrogen and oxygen atoms in total. The van der Waals surface area contributed by atoms with Gasteiger partial charge in [-0.3, -0.25) is 4.57 Å². The van der Waals surface area contributed by atoms with Crippen molar-refractivity contribution >= 4 is 47.2 Å². The molecular formula is C16H17ClFN5S. The summed E-state index contributed by atoms with van der Waals surface area (Å²) in [6, 6.07) is 5.54. The van der Waals surface area contributed by atoms with E-state index in [0.29, 0.717) is 28.7 Å². The van der Waals surface area contributed by atoms with Gasteiger partial charge in [-0.2, -0.15) is 4.99 Å². The van der Waals surface area contributed by atoms with E-state index < -0.39 is 0 Å². The number of anilines is 1. The average Bonchev–Trinajstić information content (AvgIpc) is 3.38. The molecule has 2 aromatic rings. The van der Waals surface area contributed by atoms with Gasteiger partial charge in [0.25, 0.3) is 0 Å². The Morgan fingerprint density at radius 2 is 2.25 bits per heavy atom. The van der Waals surface area contributed by atoms with E-state index in [1.54, 1.807) is 11.5 Å². The summed E-state index contributed by atoms with van der Waals surface area (Å²) in [4.78, 5) is 12.4. The lowest BCUT2D eigenvalue weighted by Gasteiger charge is -2.11. The number of halogens is 2. The number of nitrogens with one attached hydrogen (secondary N) is 1. The lowest BCUT2D eigenvalue weighted by molar-refractivity contribution is 0.598. The second-order valence-corrected chi connectivity index (χ2v) is 6.43. The molecule has 1 N–H and O–H groups in total. The van der Waals surface area contributed by atoms with Crippen LogP contribution in [-0.4, -0.2) is 27.8 Å². The van der Waals surface area contributed by atoms with Gasteiger partial charge < -0.3 is 4.72 Å². The molecule has 0 unspecified atom stereocenters. The van der Waals surface area contributed by atoms with Crippen LogP contribution in [0.15, 0.2) is 28.2 Å². The van der Waals surface area contributed by atoms with E-state index >= 15 is 0 Å². The van der Waals surface area contributed by atoms with E-state index in [2.05, 4.69) is 26.4 Å². The molecule has 8 heteroatoms. The van der Waals surface area contributed by atoms with Gasteiger partial charge in [-0.15, -0.1) is 0 Å². The smallest absolute Gasteiger partial charge is 0.223 e. The summed E-state index contributed by atoms with van der Waals surface area (Å²) in [6.45, 7) is 5.05. The maximum absolute atomic E-state index is 14.8. The third-order valence-electron chi connectivity index (χ3n) is 3.81. The highest BCUT2D eigenvalue weighted by atomic mass is 35.5. The van der Waals surface area contributed by atoms with E-state index in [4.69, 9.17) is 11.6 Å². The van der Waals surface area contributed by atoms with Crippen molar-refractivity contribution in [3.05, 3.63) is 35.3 Å². The first-order valence-electron chi connectivity index (χ1n) is 7.44. The zero-order valence-corrected chi connectivity index (χ0v) is 15.0. The monoisotopic (exact) mass is 365 g/mol. The lowest BCUT2D eigenvalue weighted by atomic mass is 10.2. The first-order valence-corrected chi connectivity index (χ1v) is 9.05. The number of nitrogens with zero attached hydrogens (tertiary/aromatic N) is 4. The van der Waals surface area contributed by atoms with Gasteiger partial charge in [-0.05, 0) is 50.2 Å². The molecule has 0 radical (unpaired) electrons. The van der Waals surface area contributed by atoms with Crippen molar-refractivity contribution in [3.8, 4) is 5.82 Å². The van der Waals surface area contributed by atoms with Crippen LogP contribution >= 0.6 is 23.5 Å². The number of hydrogen-bond donors (Lipinski definition) is 1. The number of hydrogen-bond acceptors (Lipinski definition) is 4. The minimum absolute atomic E-state index is 0.0300. The largest absolute Gasteiger partial charge is 0.315 e. The Morgan fingerprint density at radius 1 is 1.50 bits per heavy atom. The molecule has 0 aliphatic heterocycles. The highest BCUT2D eigenvalue weighted by Gasteiger charge is 2.34. The van der Waals surface area contributed by atoms with Gasteiger partial charge in [-0.25, -0.2) is 14.4 Å². The molecular weight excluding hydrogens is 349 g/mol. The quantitative estimate of drug-likeness (QED) is 0.358. The predicted molar refractivity (Wildman–Crippen MR) is 99.9 cm³/mol. The summed E-state index contributed by atoms with van der Waals surface area (Å²) < 4.78 is 19.7. The summed E-state index contributed by atoms with van der Waals surface area (Å²) in [5, 5.41) is -0.0300. The van der Waals surface area contributed by atoms with Crippen LogP contribution in [0.2, 0.25) is 0 Å². The van der Waals surface area contributed by atoms with Gasteiger partial charge >= 0.3 is 0 Å². The van der Waals surface area contributed by atoms with Gasteiger partial charge in [0.15, 0.2) is 0 Å². The molecule has 126 valence electrons. The van der Waals surface area contributed by atoms with Crippen LogP contribution in [-0.2, 0) is 0 Å². The third kappa shape index (κ3) is 3.18. The molecule has 0 atom stereocenters.